The smallest absolute Gasteiger partial charge is 0.253 e. The predicted octanol–water partition coefficient (Wildman–Crippen LogP) is 2.92. The number of imidazole rings is 1. The fourth-order valence-corrected chi connectivity index (χ4v) is 2.99. The lowest BCUT2D eigenvalue weighted by atomic mass is 10.1. The molecular formula is C21H20FN7O. The highest BCUT2D eigenvalue weighted by Gasteiger charge is 2.16. The van der Waals surface area contributed by atoms with Gasteiger partial charge >= 0.3 is 0 Å². The lowest BCUT2D eigenvalue weighted by Crippen LogP contribution is -2.30. The second kappa shape index (κ2) is 8.24. The van der Waals surface area contributed by atoms with Crippen LogP contribution in [0.1, 0.15) is 35.5 Å². The van der Waals surface area contributed by atoms with Gasteiger partial charge in [-0.15, -0.1) is 0 Å². The first-order valence-corrected chi connectivity index (χ1v) is 9.46. The number of halogens is 1. The van der Waals surface area contributed by atoms with E-state index >= 15 is 0 Å². The Morgan fingerprint density at radius 1 is 1.17 bits per heavy atom. The Morgan fingerprint density at radius 3 is 2.73 bits per heavy atom. The van der Waals surface area contributed by atoms with Crippen LogP contribution in [0.25, 0.3) is 17.2 Å². The number of nitrogens with zero attached hydrogens (tertiary/aromatic N) is 5. The van der Waals surface area contributed by atoms with E-state index < -0.39 is 0 Å². The van der Waals surface area contributed by atoms with Crippen LogP contribution in [0.15, 0.2) is 55.1 Å². The average molecular weight is 405 g/mol. The number of hydrogen-bond donors (Lipinski definition) is 2. The average Bonchev–Trinajstić information content (AvgIpc) is 3.39. The zero-order valence-electron chi connectivity index (χ0n) is 16.5. The molecule has 30 heavy (non-hydrogen) atoms. The lowest BCUT2D eigenvalue weighted by molar-refractivity contribution is 0.0943. The molecule has 8 nitrogen and oxygen atoms in total. The van der Waals surface area contributed by atoms with Crippen molar-refractivity contribution in [1.82, 2.24) is 35.3 Å². The van der Waals surface area contributed by atoms with E-state index in [4.69, 9.17) is 0 Å². The van der Waals surface area contributed by atoms with Crippen molar-refractivity contribution in [2.75, 3.05) is 0 Å². The van der Waals surface area contributed by atoms with E-state index in [1.807, 2.05) is 13.8 Å². The Kier molecular flexibility index (Phi) is 5.34. The molecule has 0 saturated heterocycles. The minimum Gasteiger partial charge on any atom is -0.350 e. The first-order chi connectivity index (χ1) is 14.5. The third-order valence-electron chi connectivity index (χ3n) is 4.46. The standard InChI is InChI=1S/C21H20FN7O/c1-13(2)25-21(30)15-7-8-19(23-10-15)29-11-18(24-12-29)20-17(26-28-27-20)9-14-5-3-4-6-16(14)22/h3-8,10-13H,9H2,1-2H3,(H,25,30)(H,26,27,28). The number of rotatable bonds is 6. The van der Waals surface area contributed by atoms with Crippen molar-refractivity contribution in [3.05, 3.63) is 77.8 Å². The molecule has 3 heterocycles. The van der Waals surface area contributed by atoms with E-state index in [0.717, 1.165) is 0 Å². The Bertz CT molecular complexity index is 1160. The molecule has 4 rings (SSSR count). The molecule has 0 aliphatic heterocycles. The molecule has 0 radical (unpaired) electrons. The van der Waals surface area contributed by atoms with Crippen LogP contribution in [0.3, 0.4) is 0 Å². The van der Waals surface area contributed by atoms with Gasteiger partial charge in [-0.2, -0.15) is 15.4 Å². The third-order valence-corrected chi connectivity index (χ3v) is 4.46. The van der Waals surface area contributed by atoms with Gasteiger partial charge < -0.3 is 5.32 Å². The summed E-state index contributed by atoms with van der Waals surface area (Å²) in [6, 6.07) is 10.1. The summed E-state index contributed by atoms with van der Waals surface area (Å²) < 4.78 is 15.7. The van der Waals surface area contributed by atoms with Crippen LogP contribution < -0.4 is 5.32 Å². The van der Waals surface area contributed by atoms with Crippen molar-refractivity contribution in [1.29, 1.82) is 0 Å². The molecule has 0 saturated carbocycles. The molecule has 3 aromatic heterocycles. The second-order valence-electron chi connectivity index (χ2n) is 7.09. The highest BCUT2D eigenvalue weighted by atomic mass is 19.1. The summed E-state index contributed by atoms with van der Waals surface area (Å²) in [6.07, 6.45) is 5.18. The van der Waals surface area contributed by atoms with E-state index in [9.17, 15) is 9.18 Å². The van der Waals surface area contributed by atoms with Gasteiger partial charge in [-0.1, -0.05) is 18.2 Å². The molecule has 152 valence electrons. The van der Waals surface area contributed by atoms with Gasteiger partial charge in [-0.3, -0.25) is 9.36 Å². The number of amides is 1. The van der Waals surface area contributed by atoms with Crippen molar-refractivity contribution >= 4 is 5.91 Å². The van der Waals surface area contributed by atoms with Crippen molar-refractivity contribution in [3.63, 3.8) is 0 Å². The fraction of sp³-hybridized carbons (Fsp3) is 0.190. The van der Waals surface area contributed by atoms with Gasteiger partial charge in [0.2, 0.25) is 0 Å². The van der Waals surface area contributed by atoms with Gasteiger partial charge in [0.15, 0.2) is 0 Å². The molecule has 0 bridgehead atoms. The molecule has 4 aromatic rings. The van der Waals surface area contributed by atoms with Crippen LogP contribution in [0.4, 0.5) is 4.39 Å². The topological polar surface area (TPSA) is 101 Å². The minimum absolute atomic E-state index is 0.0504. The maximum atomic E-state index is 14.0. The monoisotopic (exact) mass is 405 g/mol. The molecule has 1 aromatic carbocycles. The molecule has 0 spiro atoms. The van der Waals surface area contributed by atoms with E-state index in [1.54, 1.807) is 47.4 Å². The number of pyridine rings is 1. The van der Waals surface area contributed by atoms with Gasteiger partial charge in [0.1, 0.15) is 29.4 Å². The van der Waals surface area contributed by atoms with Gasteiger partial charge in [-0.25, -0.2) is 14.4 Å². The summed E-state index contributed by atoms with van der Waals surface area (Å²) >= 11 is 0. The Balaban J connectivity index is 1.55. The second-order valence-corrected chi connectivity index (χ2v) is 7.09. The van der Waals surface area contributed by atoms with E-state index in [1.165, 1.54) is 12.3 Å². The molecule has 0 aliphatic rings. The summed E-state index contributed by atoms with van der Waals surface area (Å²) in [4.78, 5) is 20.8. The molecule has 0 unspecified atom stereocenters. The van der Waals surface area contributed by atoms with Crippen LogP contribution in [0, 0.1) is 5.82 Å². The molecular weight excluding hydrogens is 385 g/mol. The van der Waals surface area contributed by atoms with Crippen molar-refractivity contribution in [2.24, 2.45) is 0 Å². The Hall–Kier alpha value is -3.88. The number of hydrogen-bond acceptors (Lipinski definition) is 5. The Morgan fingerprint density at radius 2 is 2.00 bits per heavy atom. The summed E-state index contributed by atoms with van der Waals surface area (Å²) in [5.41, 5.74) is 2.74. The highest BCUT2D eigenvalue weighted by molar-refractivity contribution is 5.94. The molecule has 2 N–H and O–H groups in total. The zero-order chi connectivity index (χ0) is 21.1. The summed E-state index contributed by atoms with van der Waals surface area (Å²) in [5.74, 6) is 0.146. The third kappa shape index (κ3) is 4.09. The number of aromatic amines is 1. The van der Waals surface area contributed by atoms with Crippen LogP contribution >= 0.6 is 0 Å². The molecule has 9 heteroatoms. The SMILES string of the molecule is CC(C)NC(=O)c1ccc(-n2cnc(-c3n[nH]nc3Cc3ccccc3F)c2)nc1. The molecule has 1 amide bonds. The first-order valence-electron chi connectivity index (χ1n) is 9.46. The predicted molar refractivity (Wildman–Crippen MR) is 109 cm³/mol. The van der Waals surface area contributed by atoms with E-state index in [-0.39, 0.29) is 17.8 Å². The quantitative estimate of drug-likeness (QED) is 0.514. The maximum absolute atomic E-state index is 14.0. The molecule has 0 fully saturated rings. The number of carbonyl (C=O) groups excluding carboxylic acids is 1. The minimum atomic E-state index is -0.289. The van der Waals surface area contributed by atoms with Crippen LogP contribution in [0.2, 0.25) is 0 Å². The normalized spacial score (nSPS) is 11.1. The lowest BCUT2D eigenvalue weighted by Gasteiger charge is -2.08. The van der Waals surface area contributed by atoms with Crippen LogP contribution in [-0.2, 0) is 6.42 Å². The number of nitrogens with one attached hydrogen (secondary N) is 2. The van der Waals surface area contributed by atoms with Crippen molar-refractivity contribution in [2.45, 2.75) is 26.3 Å². The number of benzene rings is 1. The van der Waals surface area contributed by atoms with E-state index in [2.05, 4.69) is 30.7 Å². The summed E-state index contributed by atoms with van der Waals surface area (Å²) in [7, 11) is 0. The van der Waals surface area contributed by atoms with Gasteiger partial charge in [0, 0.05) is 24.9 Å². The van der Waals surface area contributed by atoms with Crippen LogP contribution in [0.5, 0.6) is 0 Å². The zero-order valence-corrected chi connectivity index (χ0v) is 16.5. The van der Waals surface area contributed by atoms with Gasteiger partial charge in [0.05, 0.1) is 11.3 Å². The first kappa shape index (κ1) is 19.4. The fourth-order valence-electron chi connectivity index (χ4n) is 2.99. The number of aromatic nitrogens is 6. The summed E-state index contributed by atoms with van der Waals surface area (Å²) in [5, 5.41) is 13.7. The molecule has 0 atom stereocenters. The number of H-pyrrole nitrogens is 1. The molecule has 0 aliphatic carbocycles. The van der Waals surface area contributed by atoms with Crippen molar-refractivity contribution in [3.8, 4) is 17.2 Å². The number of carbonyl (C=O) groups is 1. The maximum Gasteiger partial charge on any atom is 0.253 e. The summed E-state index contributed by atoms with van der Waals surface area (Å²) in [6.45, 7) is 3.80. The largest absolute Gasteiger partial charge is 0.350 e. The Labute approximate surface area is 172 Å². The van der Waals surface area contributed by atoms with E-state index in [0.29, 0.717) is 40.4 Å². The van der Waals surface area contributed by atoms with Crippen LogP contribution in [-0.4, -0.2) is 41.9 Å². The van der Waals surface area contributed by atoms with Gasteiger partial charge in [-0.05, 0) is 37.6 Å². The van der Waals surface area contributed by atoms with Crippen molar-refractivity contribution < 1.29 is 9.18 Å². The highest BCUT2D eigenvalue weighted by Crippen LogP contribution is 2.22. The van der Waals surface area contributed by atoms with Gasteiger partial charge in [0.25, 0.3) is 5.91 Å².